The highest BCUT2D eigenvalue weighted by molar-refractivity contribution is 7.91. The molecular formula is C14H16N2O3S2. The Morgan fingerprint density at radius 2 is 2.10 bits per heavy atom. The van der Waals surface area contributed by atoms with Gasteiger partial charge in [-0.15, -0.1) is 11.3 Å². The van der Waals surface area contributed by atoms with Gasteiger partial charge >= 0.3 is 0 Å². The normalized spacial score (nSPS) is 20.3. The van der Waals surface area contributed by atoms with Gasteiger partial charge < -0.3 is 10.1 Å². The summed E-state index contributed by atoms with van der Waals surface area (Å²) in [6.07, 6.45) is 0.675. The number of methoxy groups -OCH3 is 1. The average Bonchev–Trinajstić information content (AvgIpc) is 3.06. The lowest BCUT2D eigenvalue weighted by Crippen LogP contribution is -2.04. The van der Waals surface area contributed by atoms with Gasteiger partial charge in [0.1, 0.15) is 5.75 Å². The largest absolute Gasteiger partial charge is 0.497 e. The molecule has 3 rings (SSSR count). The highest BCUT2D eigenvalue weighted by Gasteiger charge is 2.30. The van der Waals surface area contributed by atoms with Gasteiger partial charge in [0.05, 0.1) is 24.3 Å². The summed E-state index contributed by atoms with van der Waals surface area (Å²) in [4.78, 5) is 4.51. The second-order valence-electron chi connectivity index (χ2n) is 5.03. The molecule has 1 aliphatic rings. The van der Waals surface area contributed by atoms with E-state index in [1.807, 2.05) is 29.6 Å². The summed E-state index contributed by atoms with van der Waals surface area (Å²) in [7, 11) is -1.24. The van der Waals surface area contributed by atoms with Crippen LogP contribution in [-0.4, -0.2) is 32.0 Å². The molecular weight excluding hydrogens is 308 g/mol. The first kappa shape index (κ1) is 14.3. The molecule has 1 atom stereocenters. The first-order valence-electron chi connectivity index (χ1n) is 6.63. The van der Waals surface area contributed by atoms with Crippen LogP contribution in [0.25, 0.3) is 0 Å². The molecule has 112 valence electrons. The SMILES string of the molecule is COc1ccc(Nc2nc(C3CCS(=O)(=O)C3)cs2)cc1. The fourth-order valence-corrected chi connectivity index (χ4v) is 4.93. The molecule has 1 N–H and O–H groups in total. The Morgan fingerprint density at radius 1 is 1.33 bits per heavy atom. The lowest BCUT2D eigenvalue weighted by atomic mass is 10.1. The molecule has 0 saturated carbocycles. The van der Waals surface area contributed by atoms with Crippen molar-refractivity contribution in [2.45, 2.75) is 12.3 Å². The van der Waals surface area contributed by atoms with E-state index < -0.39 is 9.84 Å². The number of hydrogen-bond donors (Lipinski definition) is 1. The number of anilines is 2. The molecule has 1 saturated heterocycles. The number of aromatic nitrogens is 1. The van der Waals surface area contributed by atoms with Gasteiger partial charge in [0.2, 0.25) is 0 Å². The van der Waals surface area contributed by atoms with E-state index in [1.54, 1.807) is 7.11 Å². The van der Waals surface area contributed by atoms with Crippen molar-refractivity contribution < 1.29 is 13.2 Å². The minimum atomic E-state index is -2.87. The molecule has 1 aromatic carbocycles. The summed E-state index contributed by atoms with van der Waals surface area (Å²) in [6, 6.07) is 7.58. The van der Waals surface area contributed by atoms with Gasteiger partial charge in [0, 0.05) is 17.0 Å². The van der Waals surface area contributed by atoms with Gasteiger partial charge in [-0.3, -0.25) is 0 Å². The number of rotatable bonds is 4. The van der Waals surface area contributed by atoms with E-state index in [-0.39, 0.29) is 17.4 Å². The van der Waals surface area contributed by atoms with Gasteiger partial charge in [0.25, 0.3) is 0 Å². The van der Waals surface area contributed by atoms with Crippen LogP contribution in [0.5, 0.6) is 5.75 Å². The molecule has 1 aliphatic heterocycles. The quantitative estimate of drug-likeness (QED) is 0.936. The van der Waals surface area contributed by atoms with Crippen LogP contribution >= 0.6 is 11.3 Å². The molecule has 5 nitrogen and oxygen atoms in total. The Labute approximate surface area is 127 Å². The number of ether oxygens (including phenoxy) is 1. The molecule has 7 heteroatoms. The van der Waals surface area contributed by atoms with E-state index in [0.29, 0.717) is 6.42 Å². The number of hydrogen-bond acceptors (Lipinski definition) is 6. The smallest absolute Gasteiger partial charge is 0.187 e. The van der Waals surface area contributed by atoms with E-state index in [4.69, 9.17) is 4.74 Å². The lowest BCUT2D eigenvalue weighted by Gasteiger charge is -2.05. The van der Waals surface area contributed by atoms with Gasteiger partial charge in [-0.25, -0.2) is 13.4 Å². The molecule has 2 aromatic rings. The summed E-state index contributed by atoms with van der Waals surface area (Å²) >= 11 is 1.49. The first-order valence-corrected chi connectivity index (χ1v) is 9.33. The van der Waals surface area contributed by atoms with Crippen molar-refractivity contribution in [1.82, 2.24) is 4.98 Å². The second kappa shape index (κ2) is 5.65. The molecule has 21 heavy (non-hydrogen) atoms. The third-order valence-electron chi connectivity index (χ3n) is 3.51. The zero-order valence-corrected chi connectivity index (χ0v) is 13.2. The van der Waals surface area contributed by atoms with Crippen molar-refractivity contribution in [3.05, 3.63) is 35.3 Å². The molecule has 2 heterocycles. The van der Waals surface area contributed by atoms with Crippen molar-refractivity contribution in [3.63, 3.8) is 0 Å². The zero-order chi connectivity index (χ0) is 14.9. The van der Waals surface area contributed by atoms with E-state index in [9.17, 15) is 8.42 Å². The van der Waals surface area contributed by atoms with Crippen LogP contribution in [0.3, 0.4) is 0 Å². The first-order chi connectivity index (χ1) is 10.1. The maximum Gasteiger partial charge on any atom is 0.187 e. The van der Waals surface area contributed by atoms with Gasteiger partial charge in [-0.2, -0.15) is 0 Å². The Kier molecular flexibility index (Phi) is 3.86. The van der Waals surface area contributed by atoms with Crippen LogP contribution in [0, 0.1) is 0 Å². The van der Waals surface area contributed by atoms with Crippen molar-refractivity contribution in [2.24, 2.45) is 0 Å². The van der Waals surface area contributed by atoms with Crippen LogP contribution in [-0.2, 0) is 9.84 Å². The van der Waals surface area contributed by atoms with Crippen LogP contribution < -0.4 is 10.1 Å². The Balaban J connectivity index is 1.70. The van der Waals surface area contributed by atoms with Crippen molar-refractivity contribution in [1.29, 1.82) is 0 Å². The third kappa shape index (κ3) is 3.36. The van der Waals surface area contributed by atoms with Crippen LogP contribution in [0.1, 0.15) is 18.0 Å². The predicted molar refractivity (Wildman–Crippen MR) is 84.4 cm³/mol. The summed E-state index contributed by atoms with van der Waals surface area (Å²) in [5.41, 5.74) is 1.80. The Bertz CT molecular complexity index is 723. The third-order valence-corrected chi connectivity index (χ3v) is 6.06. The van der Waals surface area contributed by atoms with Crippen molar-refractivity contribution in [2.75, 3.05) is 23.9 Å². The van der Waals surface area contributed by atoms with E-state index in [1.165, 1.54) is 11.3 Å². The van der Waals surface area contributed by atoms with Gasteiger partial charge in [0.15, 0.2) is 15.0 Å². The van der Waals surface area contributed by atoms with Crippen LogP contribution in [0.15, 0.2) is 29.6 Å². The maximum atomic E-state index is 11.5. The van der Waals surface area contributed by atoms with Gasteiger partial charge in [-0.05, 0) is 30.7 Å². The standard InChI is InChI=1S/C14H16N2O3S2/c1-19-12-4-2-11(3-5-12)15-14-16-13(8-20-14)10-6-7-21(17,18)9-10/h2-5,8,10H,6-7,9H2,1H3,(H,15,16). The zero-order valence-electron chi connectivity index (χ0n) is 11.6. The summed E-state index contributed by atoms with van der Waals surface area (Å²) in [5, 5.41) is 5.94. The van der Waals surface area contributed by atoms with Crippen LogP contribution in [0.4, 0.5) is 10.8 Å². The number of sulfone groups is 1. The predicted octanol–water partition coefficient (Wildman–Crippen LogP) is 2.80. The number of nitrogens with zero attached hydrogens (tertiary/aromatic N) is 1. The number of benzene rings is 1. The molecule has 0 bridgehead atoms. The minimum Gasteiger partial charge on any atom is -0.497 e. The molecule has 0 spiro atoms. The molecule has 1 unspecified atom stereocenters. The monoisotopic (exact) mass is 324 g/mol. The fraction of sp³-hybridized carbons (Fsp3) is 0.357. The molecule has 0 radical (unpaired) electrons. The highest BCUT2D eigenvalue weighted by Crippen LogP contribution is 2.32. The highest BCUT2D eigenvalue weighted by atomic mass is 32.2. The van der Waals surface area contributed by atoms with Crippen LogP contribution in [0.2, 0.25) is 0 Å². The molecule has 1 aromatic heterocycles. The fourth-order valence-electron chi connectivity index (χ4n) is 2.36. The second-order valence-corrected chi connectivity index (χ2v) is 8.12. The van der Waals surface area contributed by atoms with Crippen molar-refractivity contribution in [3.8, 4) is 5.75 Å². The van der Waals surface area contributed by atoms with E-state index in [0.717, 1.165) is 22.3 Å². The van der Waals surface area contributed by atoms with Gasteiger partial charge in [-0.1, -0.05) is 0 Å². The Morgan fingerprint density at radius 3 is 2.71 bits per heavy atom. The van der Waals surface area contributed by atoms with E-state index >= 15 is 0 Å². The van der Waals surface area contributed by atoms with E-state index in [2.05, 4.69) is 10.3 Å². The number of thiazole rings is 1. The summed E-state index contributed by atoms with van der Waals surface area (Å²) in [6.45, 7) is 0. The number of nitrogens with one attached hydrogen (secondary N) is 1. The van der Waals surface area contributed by atoms with Crippen molar-refractivity contribution >= 4 is 32.0 Å². The maximum absolute atomic E-state index is 11.5. The Hall–Kier alpha value is -1.60. The summed E-state index contributed by atoms with van der Waals surface area (Å²) < 4.78 is 28.2. The lowest BCUT2D eigenvalue weighted by molar-refractivity contribution is 0.415. The average molecular weight is 324 g/mol. The molecule has 1 fully saturated rings. The topological polar surface area (TPSA) is 68.3 Å². The molecule has 0 aliphatic carbocycles. The summed E-state index contributed by atoms with van der Waals surface area (Å²) in [5.74, 6) is 1.34. The minimum absolute atomic E-state index is 0.0395. The molecule has 0 amide bonds.